The van der Waals surface area contributed by atoms with E-state index in [0.717, 1.165) is 4.88 Å². The Hall–Kier alpha value is -1.20. The molecule has 0 N–H and O–H groups in total. The van der Waals surface area contributed by atoms with Crippen molar-refractivity contribution in [1.82, 2.24) is 4.90 Å². The fourth-order valence-electron chi connectivity index (χ4n) is 1.73. The van der Waals surface area contributed by atoms with Crippen molar-refractivity contribution in [2.45, 2.75) is 13.5 Å². The van der Waals surface area contributed by atoms with Gasteiger partial charge >= 0.3 is 0 Å². The summed E-state index contributed by atoms with van der Waals surface area (Å²) in [6.07, 6.45) is 0. The molecule has 0 bridgehead atoms. The molecule has 1 amide bonds. The van der Waals surface area contributed by atoms with Gasteiger partial charge in [-0.15, -0.1) is 11.3 Å². The van der Waals surface area contributed by atoms with Crippen LogP contribution in [0.2, 0.25) is 0 Å². The van der Waals surface area contributed by atoms with E-state index in [1.807, 2.05) is 24.4 Å². The van der Waals surface area contributed by atoms with Crippen LogP contribution in [0.25, 0.3) is 0 Å². The second-order valence-electron chi connectivity index (χ2n) is 4.03. The first kappa shape index (κ1) is 14.2. The normalized spacial score (nSPS) is 10.5. The van der Waals surface area contributed by atoms with E-state index in [4.69, 9.17) is 0 Å². The summed E-state index contributed by atoms with van der Waals surface area (Å²) in [5, 5.41) is 1.99. The van der Waals surface area contributed by atoms with Crippen molar-refractivity contribution in [2.75, 3.05) is 6.54 Å². The van der Waals surface area contributed by atoms with Crippen LogP contribution in [0.4, 0.5) is 4.39 Å². The van der Waals surface area contributed by atoms with E-state index in [1.165, 1.54) is 18.2 Å². The molecule has 0 saturated carbocycles. The van der Waals surface area contributed by atoms with Gasteiger partial charge in [-0.1, -0.05) is 6.07 Å². The highest BCUT2D eigenvalue weighted by Crippen LogP contribution is 2.19. The second kappa shape index (κ2) is 6.30. The smallest absolute Gasteiger partial charge is 0.254 e. The zero-order valence-corrected chi connectivity index (χ0v) is 12.8. The first-order chi connectivity index (χ1) is 9.11. The molecule has 1 heterocycles. The molecule has 100 valence electrons. The highest BCUT2D eigenvalue weighted by Gasteiger charge is 2.16. The van der Waals surface area contributed by atoms with Crippen LogP contribution in [0.3, 0.4) is 0 Å². The first-order valence-corrected chi connectivity index (χ1v) is 7.55. The molecule has 0 aliphatic carbocycles. The molecule has 0 aliphatic rings. The van der Waals surface area contributed by atoms with E-state index in [-0.39, 0.29) is 11.7 Å². The maximum Gasteiger partial charge on any atom is 0.254 e. The minimum atomic E-state index is -0.363. The molecule has 0 fully saturated rings. The Kier molecular flexibility index (Phi) is 4.71. The van der Waals surface area contributed by atoms with E-state index in [2.05, 4.69) is 15.9 Å². The maximum absolute atomic E-state index is 13.2. The highest BCUT2D eigenvalue weighted by molar-refractivity contribution is 9.10. The van der Waals surface area contributed by atoms with Gasteiger partial charge in [-0.2, -0.15) is 0 Å². The molecule has 19 heavy (non-hydrogen) atoms. The Morgan fingerprint density at radius 2 is 2.21 bits per heavy atom. The Balaban J connectivity index is 2.18. The molecule has 0 aliphatic heterocycles. The standard InChI is InChI=1S/C14H13BrFNOS/c1-2-17(9-11-4-3-7-19-11)14(18)10-5-6-13(16)12(15)8-10/h3-8H,2,9H2,1H3. The Bertz CT molecular complexity index is 571. The van der Waals surface area contributed by atoms with Crippen molar-refractivity contribution in [3.05, 3.63) is 56.4 Å². The van der Waals surface area contributed by atoms with Crippen LogP contribution >= 0.6 is 27.3 Å². The van der Waals surface area contributed by atoms with E-state index in [1.54, 1.807) is 16.2 Å². The summed E-state index contributed by atoms with van der Waals surface area (Å²) in [4.78, 5) is 15.2. The zero-order valence-electron chi connectivity index (χ0n) is 10.4. The Labute approximate surface area is 124 Å². The number of carbonyl (C=O) groups excluding carboxylic acids is 1. The third-order valence-electron chi connectivity index (χ3n) is 2.76. The summed E-state index contributed by atoms with van der Waals surface area (Å²) < 4.78 is 13.5. The number of hydrogen-bond acceptors (Lipinski definition) is 2. The number of benzene rings is 1. The predicted molar refractivity (Wildman–Crippen MR) is 78.8 cm³/mol. The Morgan fingerprint density at radius 3 is 2.79 bits per heavy atom. The van der Waals surface area contributed by atoms with Crippen molar-refractivity contribution in [1.29, 1.82) is 0 Å². The van der Waals surface area contributed by atoms with Crippen LogP contribution in [0.5, 0.6) is 0 Å². The largest absolute Gasteiger partial charge is 0.334 e. The predicted octanol–water partition coefficient (Wildman–Crippen LogP) is 4.31. The van der Waals surface area contributed by atoms with Gasteiger partial charge in [-0.25, -0.2) is 4.39 Å². The molecular weight excluding hydrogens is 329 g/mol. The van der Waals surface area contributed by atoms with Crippen molar-refractivity contribution < 1.29 is 9.18 Å². The molecule has 0 spiro atoms. The molecule has 5 heteroatoms. The van der Waals surface area contributed by atoms with Crippen molar-refractivity contribution in [2.24, 2.45) is 0 Å². The van der Waals surface area contributed by atoms with Crippen molar-refractivity contribution in [3.8, 4) is 0 Å². The number of amides is 1. The molecule has 2 rings (SSSR count). The summed E-state index contributed by atoms with van der Waals surface area (Å²) in [5.74, 6) is -0.450. The molecule has 0 atom stereocenters. The molecule has 1 aromatic heterocycles. The topological polar surface area (TPSA) is 20.3 Å². The highest BCUT2D eigenvalue weighted by atomic mass is 79.9. The molecule has 0 unspecified atom stereocenters. The summed E-state index contributed by atoms with van der Waals surface area (Å²) in [6.45, 7) is 3.14. The quantitative estimate of drug-likeness (QED) is 0.811. The van der Waals surface area contributed by atoms with Crippen molar-refractivity contribution >= 4 is 33.2 Å². The van der Waals surface area contributed by atoms with Gasteiger partial charge in [0.25, 0.3) is 5.91 Å². The molecule has 1 aromatic carbocycles. The summed E-state index contributed by atoms with van der Waals surface area (Å²) in [7, 11) is 0. The second-order valence-corrected chi connectivity index (χ2v) is 5.91. The fourth-order valence-corrected chi connectivity index (χ4v) is 2.83. The lowest BCUT2D eigenvalue weighted by Crippen LogP contribution is -2.30. The van der Waals surface area contributed by atoms with Gasteiger partial charge in [0, 0.05) is 17.0 Å². The first-order valence-electron chi connectivity index (χ1n) is 5.88. The number of nitrogens with zero attached hydrogens (tertiary/aromatic N) is 1. The van der Waals surface area contributed by atoms with E-state index >= 15 is 0 Å². The lowest BCUT2D eigenvalue weighted by atomic mass is 10.2. The van der Waals surface area contributed by atoms with Gasteiger partial charge in [-0.05, 0) is 52.5 Å². The van der Waals surface area contributed by atoms with E-state index in [0.29, 0.717) is 23.1 Å². The van der Waals surface area contributed by atoms with Gasteiger partial charge in [-0.3, -0.25) is 4.79 Å². The van der Waals surface area contributed by atoms with Crippen LogP contribution < -0.4 is 0 Å². The average molecular weight is 342 g/mol. The van der Waals surface area contributed by atoms with E-state index in [9.17, 15) is 9.18 Å². The number of carbonyl (C=O) groups is 1. The molecule has 2 nitrogen and oxygen atoms in total. The van der Waals surface area contributed by atoms with Gasteiger partial charge in [0.05, 0.1) is 11.0 Å². The fraction of sp³-hybridized carbons (Fsp3) is 0.214. The minimum Gasteiger partial charge on any atom is -0.334 e. The molecule has 2 aromatic rings. The third-order valence-corrected chi connectivity index (χ3v) is 4.23. The van der Waals surface area contributed by atoms with Gasteiger partial charge in [0.2, 0.25) is 0 Å². The Morgan fingerprint density at radius 1 is 1.42 bits per heavy atom. The average Bonchev–Trinajstić information content (AvgIpc) is 2.91. The maximum atomic E-state index is 13.2. The lowest BCUT2D eigenvalue weighted by molar-refractivity contribution is 0.0754. The number of hydrogen-bond donors (Lipinski definition) is 0. The summed E-state index contributed by atoms with van der Waals surface area (Å²) in [5.41, 5.74) is 0.492. The van der Waals surface area contributed by atoms with Crippen LogP contribution in [0.1, 0.15) is 22.2 Å². The monoisotopic (exact) mass is 341 g/mol. The zero-order chi connectivity index (χ0) is 13.8. The molecular formula is C14H13BrFNOS. The number of rotatable bonds is 4. The van der Waals surface area contributed by atoms with E-state index < -0.39 is 0 Å². The van der Waals surface area contributed by atoms with Gasteiger partial charge in [0.1, 0.15) is 5.82 Å². The number of thiophene rings is 1. The van der Waals surface area contributed by atoms with Crippen LogP contribution in [-0.2, 0) is 6.54 Å². The number of halogens is 2. The van der Waals surface area contributed by atoms with Gasteiger partial charge in [0.15, 0.2) is 0 Å². The molecule has 0 radical (unpaired) electrons. The van der Waals surface area contributed by atoms with Gasteiger partial charge < -0.3 is 4.90 Å². The van der Waals surface area contributed by atoms with Crippen LogP contribution in [0, 0.1) is 5.82 Å². The molecule has 0 saturated heterocycles. The minimum absolute atomic E-state index is 0.0865. The lowest BCUT2D eigenvalue weighted by Gasteiger charge is -2.20. The van der Waals surface area contributed by atoms with Crippen LogP contribution in [-0.4, -0.2) is 17.4 Å². The summed E-state index contributed by atoms with van der Waals surface area (Å²) in [6, 6.07) is 8.30. The van der Waals surface area contributed by atoms with Crippen LogP contribution in [0.15, 0.2) is 40.2 Å². The van der Waals surface area contributed by atoms with Crippen molar-refractivity contribution in [3.63, 3.8) is 0 Å². The third kappa shape index (κ3) is 3.42. The summed E-state index contributed by atoms with van der Waals surface area (Å²) >= 11 is 4.72. The SMILES string of the molecule is CCN(Cc1cccs1)C(=O)c1ccc(F)c(Br)c1.